The van der Waals surface area contributed by atoms with Crippen LogP contribution in [0.15, 0.2) is 24.0 Å². The molecule has 0 fully saturated rings. The van der Waals surface area contributed by atoms with Crippen LogP contribution in [0.3, 0.4) is 0 Å². The van der Waals surface area contributed by atoms with Crippen LogP contribution in [0.4, 0.5) is 0 Å². The first-order valence-electron chi connectivity index (χ1n) is 10.2. The molecule has 3 nitrogen and oxygen atoms in total. The molecule has 1 radical (unpaired) electrons. The molecule has 0 aromatic heterocycles. The maximum absolute atomic E-state index is 12.4. The lowest BCUT2D eigenvalue weighted by Gasteiger charge is -2.24. The number of ketones is 1. The van der Waals surface area contributed by atoms with Gasteiger partial charge in [-0.25, -0.2) is 4.79 Å². The van der Waals surface area contributed by atoms with E-state index in [9.17, 15) is 9.59 Å². The molecular formula is C22H35O3. The quantitative estimate of drug-likeness (QED) is 0.339. The van der Waals surface area contributed by atoms with Crippen molar-refractivity contribution in [2.45, 2.75) is 90.9 Å². The molecule has 0 N–H and O–H groups in total. The minimum atomic E-state index is -0.156. The van der Waals surface area contributed by atoms with Gasteiger partial charge < -0.3 is 4.74 Å². The molecule has 0 heterocycles. The summed E-state index contributed by atoms with van der Waals surface area (Å²) in [4.78, 5) is 22.7. The predicted octanol–water partition coefficient (Wildman–Crippen LogP) is 6.05. The monoisotopic (exact) mass is 347 g/mol. The summed E-state index contributed by atoms with van der Waals surface area (Å²) in [5.74, 6) is 0.225. The van der Waals surface area contributed by atoms with E-state index < -0.39 is 0 Å². The number of carbonyl (C=O) groups is 1. The van der Waals surface area contributed by atoms with Crippen LogP contribution >= 0.6 is 0 Å². The van der Waals surface area contributed by atoms with Gasteiger partial charge in [-0.3, -0.25) is 4.79 Å². The molecule has 0 bridgehead atoms. The molecule has 2 atom stereocenters. The third-order valence-electron chi connectivity index (χ3n) is 5.22. The van der Waals surface area contributed by atoms with Gasteiger partial charge in [0.05, 0.1) is 0 Å². The van der Waals surface area contributed by atoms with Crippen molar-refractivity contribution in [3.05, 3.63) is 24.0 Å². The van der Waals surface area contributed by atoms with Crippen molar-refractivity contribution in [2.75, 3.05) is 0 Å². The highest BCUT2D eigenvalue weighted by molar-refractivity contribution is 5.98. The highest BCUT2D eigenvalue weighted by atomic mass is 16.5. The van der Waals surface area contributed by atoms with Gasteiger partial charge in [-0.1, -0.05) is 96.6 Å². The van der Waals surface area contributed by atoms with E-state index in [1.807, 2.05) is 12.2 Å². The van der Waals surface area contributed by atoms with Crippen molar-refractivity contribution in [2.24, 2.45) is 11.8 Å². The topological polar surface area (TPSA) is 43.4 Å². The first-order valence-corrected chi connectivity index (χ1v) is 10.2. The first-order chi connectivity index (χ1) is 12.2. The van der Waals surface area contributed by atoms with Crippen molar-refractivity contribution in [1.29, 1.82) is 0 Å². The lowest BCUT2D eigenvalue weighted by molar-refractivity contribution is -0.121. The third-order valence-corrected chi connectivity index (χ3v) is 5.22. The highest BCUT2D eigenvalue weighted by Crippen LogP contribution is 2.29. The third kappa shape index (κ3) is 8.51. The van der Waals surface area contributed by atoms with E-state index in [2.05, 4.69) is 18.6 Å². The zero-order valence-electron chi connectivity index (χ0n) is 16.1. The van der Waals surface area contributed by atoms with Crippen LogP contribution in [0.5, 0.6) is 0 Å². The maximum atomic E-state index is 12.4. The minimum absolute atomic E-state index is 0.0789. The number of hydrogen-bond donors (Lipinski definition) is 0. The van der Waals surface area contributed by atoms with E-state index >= 15 is 0 Å². The summed E-state index contributed by atoms with van der Waals surface area (Å²) in [7, 11) is 0. The Morgan fingerprint density at radius 2 is 1.60 bits per heavy atom. The normalized spacial score (nSPS) is 18.1. The standard InChI is InChI=1S/C22H35O3/c1-3-5-6-7-8-9-10-11-12-13-15-19(4-2)20-16-14-17-21(22(20)24)25-18-23/h14,16-17,19-20H,3-13,15H2,1-2H3. The number of hydrogen-bond acceptors (Lipinski definition) is 3. The van der Waals surface area contributed by atoms with E-state index in [-0.39, 0.29) is 17.5 Å². The second-order valence-electron chi connectivity index (χ2n) is 7.13. The van der Waals surface area contributed by atoms with Crippen LogP contribution in [0.25, 0.3) is 0 Å². The Labute approximate surface area is 153 Å². The van der Waals surface area contributed by atoms with Gasteiger partial charge >= 0.3 is 6.47 Å². The fourth-order valence-electron chi connectivity index (χ4n) is 3.63. The Balaban J connectivity index is 2.18. The van der Waals surface area contributed by atoms with E-state index in [0.29, 0.717) is 5.92 Å². The smallest absolute Gasteiger partial charge is 0.414 e. The summed E-state index contributed by atoms with van der Waals surface area (Å²) in [5.41, 5.74) is 0. The number of allylic oxidation sites excluding steroid dienone is 4. The van der Waals surface area contributed by atoms with Gasteiger partial charge in [0.25, 0.3) is 0 Å². The van der Waals surface area contributed by atoms with Crippen molar-refractivity contribution < 1.29 is 14.3 Å². The minimum Gasteiger partial charge on any atom is -0.414 e. The second kappa shape index (κ2) is 13.9. The maximum Gasteiger partial charge on any atom is 0.423 e. The van der Waals surface area contributed by atoms with Gasteiger partial charge in [-0.2, -0.15) is 0 Å². The van der Waals surface area contributed by atoms with Crippen molar-refractivity contribution in [3.63, 3.8) is 0 Å². The number of Topliss-reactive ketones (excluding diaryl/α,β-unsaturated/α-hetero) is 1. The number of carbonyl (C=O) groups excluding carboxylic acids is 2. The zero-order chi connectivity index (χ0) is 18.3. The van der Waals surface area contributed by atoms with Crippen molar-refractivity contribution in [3.8, 4) is 0 Å². The van der Waals surface area contributed by atoms with Crippen LogP contribution in [-0.2, 0) is 14.3 Å². The summed E-state index contributed by atoms with van der Waals surface area (Å²) < 4.78 is 4.68. The average Bonchev–Trinajstić information content (AvgIpc) is 2.62. The first kappa shape index (κ1) is 21.7. The zero-order valence-corrected chi connectivity index (χ0v) is 16.1. The van der Waals surface area contributed by atoms with Crippen LogP contribution in [0.1, 0.15) is 90.9 Å². The van der Waals surface area contributed by atoms with Gasteiger partial charge in [0, 0.05) is 5.92 Å². The molecule has 2 unspecified atom stereocenters. The molecule has 0 amide bonds. The Hall–Kier alpha value is -1.38. The second-order valence-corrected chi connectivity index (χ2v) is 7.13. The van der Waals surface area contributed by atoms with E-state index in [0.717, 1.165) is 12.8 Å². The lowest BCUT2D eigenvalue weighted by atomic mass is 9.80. The van der Waals surface area contributed by atoms with Crippen LogP contribution in [0.2, 0.25) is 0 Å². The Kier molecular flexibility index (Phi) is 12.0. The number of rotatable bonds is 15. The molecule has 141 valence electrons. The van der Waals surface area contributed by atoms with Gasteiger partial charge in [0.1, 0.15) is 0 Å². The molecule has 3 heteroatoms. The SMILES string of the molecule is CCCCCCCCCCCCC(CC)C1C=CC=C(O[C]=O)C1=O. The largest absolute Gasteiger partial charge is 0.423 e. The fourth-order valence-corrected chi connectivity index (χ4v) is 3.63. The van der Waals surface area contributed by atoms with Crippen LogP contribution in [-0.4, -0.2) is 12.3 Å². The van der Waals surface area contributed by atoms with Gasteiger partial charge in [-0.15, -0.1) is 0 Å². The molecule has 0 aromatic carbocycles. The summed E-state index contributed by atoms with van der Waals surface area (Å²) in [5, 5.41) is 0. The molecule has 1 aliphatic carbocycles. The van der Waals surface area contributed by atoms with Crippen LogP contribution < -0.4 is 0 Å². The van der Waals surface area contributed by atoms with Crippen LogP contribution in [0, 0.1) is 11.8 Å². The fraction of sp³-hybridized carbons (Fsp3) is 0.727. The lowest BCUT2D eigenvalue weighted by Crippen LogP contribution is -2.26. The van der Waals surface area contributed by atoms with Crippen molar-refractivity contribution >= 4 is 12.3 Å². The molecular weight excluding hydrogens is 312 g/mol. The Morgan fingerprint density at radius 3 is 2.16 bits per heavy atom. The van der Waals surface area contributed by atoms with Crippen molar-refractivity contribution in [1.82, 2.24) is 0 Å². The molecule has 0 saturated carbocycles. The molecule has 0 aromatic rings. The number of unbranched alkanes of at least 4 members (excludes halogenated alkanes) is 9. The summed E-state index contributed by atoms with van der Waals surface area (Å²) in [6.07, 6.45) is 20.6. The molecule has 25 heavy (non-hydrogen) atoms. The van der Waals surface area contributed by atoms with E-state index in [4.69, 9.17) is 0 Å². The summed E-state index contributed by atoms with van der Waals surface area (Å²) in [6, 6.07) is 0. The Morgan fingerprint density at radius 1 is 1.00 bits per heavy atom. The van der Waals surface area contributed by atoms with Gasteiger partial charge in [0.15, 0.2) is 5.76 Å². The average molecular weight is 348 g/mol. The molecule has 0 aliphatic heterocycles. The molecule has 1 rings (SSSR count). The molecule has 0 spiro atoms. The molecule has 0 saturated heterocycles. The summed E-state index contributed by atoms with van der Waals surface area (Å²) in [6.45, 7) is 5.75. The number of ether oxygens (including phenoxy) is 1. The predicted molar refractivity (Wildman–Crippen MR) is 103 cm³/mol. The van der Waals surface area contributed by atoms with E-state index in [1.54, 1.807) is 6.08 Å². The van der Waals surface area contributed by atoms with Gasteiger partial charge in [-0.05, 0) is 18.4 Å². The van der Waals surface area contributed by atoms with Gasteiger partial charge in [0.2, 0.25) is 5.78 Å². The Bertz CT molecular complexity index is 437. The highest BCUT2D eigenvalue weighted by Gasteiger charge is 2.29. The van der Waals surface area contributed by atoms with E-state index in [1.165, 1.54) is 70.7 Å². The molecule has 1 aliphatic rings. The summed E-state index contributed by atoms with van der Waals surface area (Å²) >= 11 is 0.